The number of nitrogens with zero attached hydrogens (tertiary/aromatic N) is 1. The summed E-state index contributed by atoms with van der Waals surface area (Å²) in [4.78, 5) is 25.2. The van der Waals surface area contributed by atoms with Crippen LogP contribution in [0.25, 0.3) is 0 Å². The fraction of sp³-hybridized carbons (Fsp3) is 0.500. The van der Waals surface area contributed by atoms with Crippen LogP contribution in [0, 0.1) is 0 Å². The lowest BCUT2D eigenvalue weighted by Gasteiger charge is -2.36. The minimum absolute atomic E-state index is 0.146. The molecule has 0 saturated carbocycles. The molecule has 1 aromatic carbocycles. The predicted molar refractivity (Wildman–Crippen MR) is 87.4 cm³/mol. The number of rotatable bonds is 5. The van der Waals surface area contributed by atoms with Crippen molar-refractivity contribution >= 4 is 11.9 Å². The van der Waals surface area contributed by atoms with E-state index in [2.05, 4.69) is 20.9 Å². The number of carbonyl (C=O) groups is 2. The maximum atomic E-state index is 11.8. The van der Waals surface area contributed by atoms with Crippen LogP contribution in [0.1, 0.15) is 18.0 Å². The van der Waals surface area contributed by atoms with Crippen LogP contribution in [0.2, 0.25) is 0 Å². The quantitative estimate of drug-likeness (QED) is 0.735. The fourth-order valence-electron chi connectivity index (χ4n) is 2.76. The van der Waals surface area contributed by atoms with Crippen LogP contribution >= 0.6 is 0 Å². The number of amides is 3. The van der Waals surface area contributed by atoms with Crippen LogP contribution in [-0.4, -0.2) is 57.2 Å². The third kappa shape index (κ3) is 4.67. The van der Waals surface area contributed by atoms with Crippen molar-refractivity contribution in [3.05, 3.63) is 29.8 Å². The molecule has 1 saturated heterocycles. The Morgan fingerprint density at radius 1 is 1.39 bits per heavy atom. The molecule has 2 rings (SSSR count). The maximum absolute atomic E-state index is 11.8. The van der Waals surface area contributed by atoms with Crippen LogP contribution in [-0.2, 0) is 4.79 Å². The molecule has 1 fully saturated rings. The van der Waals surface area contributed by atoms with Gasteiger partial charge in [0, 0.05) is 45.2 Å². The first kappa shape index (κ1) is 17.2. The van der Waals surface area contributed by atoms with E-state index in [9.17, 15) is 9.59 Å². The zero-order valence-corrected chi connectivity index (χ0v) is 13.6. The summed E-state index contributed by atoms with van der Waals surface area (Å²) in [6, 6.07) is 7.60. The van der Waals surface area contributed by atoms with E-state index in [4.69, 9.17) is 4.74 Å². The van der Waals surface area contributed by atoms with Crippen molar-refractivity contribution < 1.29 is 14.3 Å². The molecule has 1 aliphatic rings. The van der Waals surface area contributed by atoms with Gasteiger partial charge in [-0.15, -0.1) is 0 Å². The van der Waals surface area contributed by atoms with Gasteiger partial charge in [-0.25, -0.2) is 4.79 Å². The SMILES string of the molecule is CNC(=O)NC(=O)CCN1CCNCC1c1ccccc1OC. The second-order valence-corrected chi connectivity index (χ2v) is 5.38. The normalized spacial score (nSPS) is 18.3. The highest BCUT2D eigenvalue weighted by Gasteiger charge is 2.26. The van der Waals surface area contributed by atoms with E-state index in [1.54, 1.807) is 7.11 Å². The predicted octanol–water partition coefficient (Wildman–Crippen LogP) is 0.487. The molecule has 7 heteroatoms. The molecule has 1 aliphatic heterocycles. The first-order chi connectivity index (χ1) is 11.2. The molecule has 1 atom stereocenters. The zero-order chi connectivity index (χ0) is 16.7. The highest BCUT2D eigenvalue weighted by molar-refractivity contribution is 5.94. The summed E-state index contributed by atoms with van der Waals surface area (Å²) in [5, 5.41) is 8.04. The number of urea groups is 1. The molecule has 3 N–H and O–H groups in total. The molecule has 3 amide bonds. The van der Waals surface area contributed by atoms with Crippen LogP contribution in [0.4, 0.5) is 4.79 Å². The molecule has 126 valence electrons. The van der Waals surface area contributed by atoms with Crippen molar-refractivity contribution in [1.82, 2.24) is 20.9 Å². The molecule has 0 spiro atoms. The number of benzene rings is 1. The maximum Gasteiger partial charge on any atom is 0.321 e. The van der Waals surface area contributed by atoms with Crippen molar-refractivity contribution in [3.63, 3.8) is 0 Å². The first-order valence-electron chi connectivity index (χ1n) is 7.75. The number of methoxy groups -OCH3 is 1. The Bertz CT molecular complexity index is 550. The molecule has 1 aromatic rings. The number of hydrogen-bond donors (Lipinski definition) is 3. The molecular formula is C16H24N4O3. The van der Waals surface area contributed by atoms with Gasteiger partial charge in [-0.2, -0.15) is 0 Å². The molecule has 7 nitrogen and oxygen atoms in total. The molecule has 23 heavy (non-hydrogen) atoms. The first-order valence-corrected chi connectivity index (χ1v) is 7.75. The highest BCUT2D eigenvalue weighted by Crippen LogP contribution is 2.30. The molecule has 0 aromatic heterocycles. The zero-order valence-electron chi connectivity index (χ0n) is 13.6. The number of piperazine rings is 1. The molecule has 0 bridgehead atoms. The molecule has 1 heterocycles. The second kappa shape index (κ2) is 8.50. The number of para-hydroxylation sites is 1. The minimum atomic E-state index is -0.475. The van der Waals surface area contributed by atoms with E-state index in [0.717, 1.165) is 30.9 Å². The summed E-state index contributed by atoms with van der Waals surface area (Å²) < 4.78 is 5.45. The molecule has 0 aliphatic carbocycles. The van der Waals surface area contributed by atoms with Gasteiger partial charge >= 0.3 is 6.03 Å². The van der Waals surface area contributed by atoms with E-state index < -0.39 is 6.03 Å². The Balaban J connectivity index is 2.01. The van der Waals surface area contributed by atoms with Gasteiger partial charge in [0.05, 0.1) is 13.2 Å². The molecular weight excluding hydrogens is 296 g/mol. The average molecular weight is 320 g/mol. The van der Waals surface area contributed by atoms with Gasteiger partial charge in [-0.1, -0.05) is 18.2 Å². The van der Waals surface area contributed by atoms with Gasteiger partial charge < -0.3 is 15.4 Å². The number of imide groups is 1. The smallest absolute Gasteiger partial charge is 0.321 e. The largest absolute Gasteiger partial charge is 0.496 e. The average Bonchev–Trinajstić information content (AvgIpc) is 2.60. The lowest BCUT2D eigenvalue weighted by molar-refractivity contribution is -0.120. The van der Waals surface area contributed by atoms with Gasteiger partial charge in [0.2, 0.25) is 5.91 Å². The van der Waals surface area contributed by atoms with Gasteiger partial charge in [-0.05, 0) is 6.07 Å². The molecule has 1 unspecified atom stereocenters. The Morgan fingerprint density at radius 2 is 2.17 bits per heavy atom. The monoisotopic (exact) mass is 320 g/mol. The van der Waals surface area contributed by atoms with E-state index in [1.807, 2.05) is 24.3 Å². The minimum Gasteiger partial charge on any atom is -0.496 e. The summed E-state index contributed by atoms with van der Waals surface area (Å²) in [7, 11) is 3.15. The Morgan fingerprint density at radius 3 is 2.91 bits per heavy atom. The van der Waals surface area contributed by atoms with E-state index in [1.165, 1.54) is 7.05 Å². The van der Waals surface area contributed by atoms with Crippen LogP contribution in [0.5, 0.6) is 5.75 Å². The summed E-state index contributed by atoms with van der Waals surface area (Å²) in [6.07, 6.45) is 0.277. The lowest BCUT2D eigenvalue weighted by Crippen LogP contribution is -2.47. The van der Waals surface area contributed by atoms with Crippen LogP contribution in [0.15, 0.2) is 24.3 Å². The Hall–Kier alpha value is -2.12. The Kier molecular flexibility index (Phi) is 6.37. The highest BCUT2D eigenvalue weighted by atomic mass is 16.5. The summed E-state index contributed by atoms with van der Waals surface area (Å²) in [5.41, 5.74) is 1.11. The number of ether oxygens (including phenoxy) is 1. The van der Waals surface area contributed by atoms with Gasteiger partial charge in [-0.3, -0.25) is 15.0 Å². The van der Waals surface area contributed by atoms with Gasteiger partial charge in [0.1, 0.15) is 5.75 Å². The number of nitrogens with one attached hydrogen (secondary N) is 3. The molecule has 0 radical (unpaired) electrons. The number of hydrogen-bond acceptors (Lipinski definition) is 5. The summed E-state index contributed by atoms with van der Waals surface area (Å²) in [6.45, 7) is 3.11. The van der Waals surface area contributed by atoms with Crippen molar-refractivity contribution in [2.45, 2.75) is 12.5 Å². The topological polar surface area (TPSA) is 82.7 Å². The third-order valence-corrected chi connectivity index (χ3v) is 3.96. The Labute approximate surface area is 136 Å². The van der Waals surface area contributed by atoms with Gasteiger partial charge in [0.15, 0.2) is 0 Å². The third-order valence-electron chi connectivity index (χ3n) is 3.96. The standard InChI is InChI=1S/C16H24N4O3/c1-17-16(22)19-15(21)7-9-20-10-8-18-11-13(20)12-5-3-4-6-14(12)23-2/h3-6,13,18H,7-11H2,1-2H3,(H2,17,19,21,22). The van der Waals surface area contributed by atoms with Gasteiger partial charge in [0.25, 0.3) is 0 Å². The second-order valence-electron chi connectivity index (χ2n) is 5.38. The lowest BCUT2D eigenvalue weighted by atomic mass is 10.0. The van der Waals surface area contributed by atoms with E-state index in [-0.39, 0.29) is 18.4 Å². The van der Waals surface area contributed by atoms with E-state index in [0.29, 0.717) is 6.54 Å². The summed E-state index contributed by atoms with van der Waals surface area (Å²) >= 11 is 0. The van der Waals surface area contributed by atoms with Crippen molar-refractivity contribution in [2.24, 2.45) is 0 Å². The van der Waals surface area contributed by atoms with Crippen LogP contribution < -0.4 is 20.7 Å². The van der Waals surface area contributed by atoms with Crippen molar-refractivity contribution in [1.29, 1.82) is 0 Å². The fourth-order valence-corrected chi connectivity index (χ4v) is 2.76. The van der Waals surface area contributed by atoms with E-state index >= 15 is 0 Å². The van der Waals surface area contributed by atoms with Crippen molar-refractivity contribution in [2.75, 3.05) is 40.3 Å². The number of carbonyl (C=O) groups excluding carboxylic acids is 2. The van der Waals surface area contributed by atoms with Crippen LogP contribution in [0.3, 0.4) is 0 Å². The summed E-state index contributed by atoms with van der Waals surface area (Å²) in [5.74, 6) is 0.572. The van der Waals surface area contributed by atoms with Crippen molar-refractivity contribution in [3.8, 4) is 5.75 Å².